The number of nitrogens with zero attached hydrogens (tertiary/aromatic N) is 1. The molecule has 0 aliphatic heterocycles. The third-order valence-corrected chi connectivity index (χ3v) is 2.10. The predicted molar refractivity (Wildman–Crippen MR) is 56.4 cm³/mol. The first-order chi connectivity index (χ1) is 6.81. The van der Waals surface area contributed by atoms with Crippen molar-refractivity contribution in [1.29, 1.82) is 0 Å². The molecule has 1 amide bonds. The zero-order chi connectivity index (χ0) is 9.97. The van der Waals surface area contributed by atoms with Crippen LogP contribution < -0.4 is 5.32 Å². The summed E-state index contributed by atoms with van der Waals surface area (Å²) >= 11 is 5.88. The third kappa shape index (κ3) is 1.54. The molecule has 0 saturated heterocycles. The van der Waals surface area contributed by atoms with Crippen LogP contribution >= 0.6 is 11.6 Å². The maximum Gasteiger partial charge on any atom is 0.211 e. The van der Waals surface area contributed by atoms with Gasteiger partial charge in [-0.1, -0.05) is 17.7 Å². The molecule has 0 aliphatic carbocycles. The van der Waals surface area contributed by atoms with E-state index in [0.717, 1.165) is 10.9 Å². The van der Waals surface area contributed by atoms with Crippen molar-refractivity contribution in [3.05, 3.63) is 35.5 Å². The summed E-state index contributed by atoms with van der Waals surface area (Å²) in [6.45, 7) is 0. The summed E-state index contributed by atoms with van der Waals surface area (Å²) in [5.41, 5.74) is 1.37. The van der Waals surface area contributed by atoms with Gasteiger partial charge in [0.15, 0.2) is 0 Å². The van der Waals surface area contributed by atoms with E-state index in [-0.39, 0.29) is 0 Å². The Morgan fingerprint density at radius 3 is 3.07 bits per heavy atom. The second kappa shape index (κ2) is 3.64. The Kier molecular flexibility index (Phi) is 2.33. The molecule has 0 saturated carbocycles. The van der Waals surface area contributed by atoms with Gasteiger partial charge in [0.1, 0.15) is 0 Å². The highest BCUT2D eigenvalue weighted by Gasteiger charge is 2.02. The van der Waals surface area contributed by atoms with Crippen LogP contribution in [0.1, 0.15) is 0 Å². The number of nitrogens with one attached hydrogen (secondary N) is 1. The van der Waals surface area contributed by atoms with Crippen molar-refractivity contribution in [3.63, 3.8) is 0 Å². The molecule has 1 N–H and O–H groups in total. The average Bonchev–Trinajstić information content (AvgIpc) is 2.18. The van der Waals surface area contributed by atoms with Gasteiger partial charge in [-0.05, 0) is 18.2 Å². The van der Waals surface area contributed by atoms with Gasteiger partial charge < -0.3 is 5.32 Å². The van der Waals surface area contributed by atoms with Crippen LogP contribution in [0.5, 0.6) is 0 Å². The number of hydrogen-bond acceptors (Lipinski definition) is 2. The van der Waals surface area contributed by atoms with Crippen LogP contribution in [0, 0.1) is 0 Å². The van der Waals surface area contributed by atoms with Crippen molar-refractivity contribution < 1.29 is 4.79 Å². The number of pyridine rings is 1. The Hall–Kier alpha value is -1.61. The lowest BCUT2D eigenvalue weighted by Gasteiger charge is -2.04. The zero-order valence-electron chi connectivity index (χ0n) is 7.20. The largest absolute Gasteiger partial charge is 0.327 e. The molecule has 0 atom stereocenters. The minimum atomic E-state index is 0.579. The Morgan fingerprint density at radius 1 is 1.43 bits per heavy atom. The Balaban J connectivity index is 2.73. The molecular weight excluding hydrogens is 200 g/mol. The van der Waals surface area contributed by atoms with Crippen LogP contribution in [-0.2, 0) is 4.79 Å². The summed E-state index contributed by atoms with van der Waals surface area (Å²) in [7, 11) is 0. The van der Waals surface area contributed by atoms with Crippen molar-refractivity contribution in [2.75, 3.05) is 5.32 Å². The number of anilines is 1. The monoisotopic (exact) mass is 206 g/mol. The highest BCUT2D eigenvalue weighted by Crippen LogP contribution is 2.25. The van der Waals surface area contributed by atoms with E-state index in [0.29, 0.717) is 17.1 Å². The first kappa shape index (κ1) is 8.97. The number of benzene rings is 1. The van der Waals surface area contributed by atoms with Gasteiger partial charge in [0, 0.05) is 16.6 Å². The van der Waals surface area contributed by atoms with Crippen LogP contribution in [0.25, 0.3) is 10.9 Å². The van der Waals surface area contributed by atoms with Gasteiger partial charge in [-0.2, -0.15) is 0 Å². The summed E-state index contributed by atoms with van der Waals surface area (Å²) < 4.78 is 0. The predicted octanol–water partition coefficient (Wildman–Crippen LogP) is 2.46. The molecule has 0 aliphatic rings. The lowest BCUT2D eigenvalue weighted by atomic mass is 10.2. The first-order valence-electron chi connectivity index (χ1n) is 4.06. The number of carbonyl (C=O) groups is 1. The molecule has 14 heavy (non-hydrogen) atoms. The summed E-state index contributed by atoms with van der Waals surface area (Å²) in [6.07, 6.45) is 2.28. The Labute approximate surface area is 85.7 Å². The molecule has 1 aromatic carbocycles. The van der Waals surface area contributed by atoms with E-state index in [9.17, 15) is 4.79 Å². The molecule has 4 heteroatoms. The number of carbonyl (C=O) groups excluding carboxylic acids is 1. The standard InChI is InChI=1S/C10H7ClN2O/c11-8-4-7-2-1-3-12-10(7)9(5-8)13-6-14/h1-6H,(H,13,14). The van der Waals surface area contributed by atoms with Crippen molar-refractivity contribution in [2.24, 2.45) is 0 Å². The lowest BCUT2D eigenvalue weighted by molar-refractivity contribution is -0.105. The van der Waals surface area contributed by atoms with Crippen molar-refractivity contribution in [2.45, 2.75) is 0 Å². The molecule has 2 rings (SSSR count). The Bertz CT molecular complexity index is 485. The van der Waals surface area contributed by atoms with Gasteiger partial charge in [-0.25, -0.2) is 0 Å². The summed E-state index contributed by atoms with van der Waals surface area (Å²) in [6, 6.07) is 7.19. The normalized spacial score (nSPS) is 10.1. The van der Waals surface area contributed by atoms with E-state index in [1.54, 1.807) is 18.3 Å². The molecule has 0 fully saturated rings. The maximum atomic E-state index is 10.3. The fraction of sp³-hybridized carbons (Fsp3) is 0. The minimum absolute atomic E-state index is 0.579. The first-order valence-corrected chi connectivity index (χ1v) is 4.43. The van der Waals surface area contributed by atoms with Crippen LogP contribution in [0.2, 0.25) is 5.02 Å². The molecule has 0 bridgehead atoms. The zero-order valence-corrected chi connectivity index (χ0v) is 7.95. The average molecular weight is 207 g/mol. The molecule has 1 aromatic heterocycles. The van der Waals surface area contributed by atoms with Crippen LogP contribution in [-0.4, -0.2) is 11.4 Å². The smallest absolute Gasteiger partial charge is 0.211 e. The molecule has 0 radical (unpaired) electrons. The fourth-order valence-electron chi connectivity index (χ4n) is 1.33. The molecular formula is C10H7ClN2O. The molecule has 2 aromatic rings. The van der Waals surface area contributed by atoms with Crippen molar-refractivity contribution in [3.8, 4) is 0 Å². The summed E-state index contributed by atoms with van der Waals surface area (Å²) in [5, 5.41) is 4.05. The molecule has 3 nitrogen and oxygen atoms in total. The van der Waals surface area contributed by atoms with E-state index < -0.39 is 0 Å². The number of rotatable bonds is 2. The van der Waals surface area contributed by atoms with E-state index >= 15 is 0 Å². The highest BCUT2D eigenvalue weighted by atomic mass is 35.5. The van der Waals surface area contributed by atoms with Crippen molar-refractivity contribution in [1.82, 2.24) is 4.98 Å². The number of hydrogen-bond donors (Lipinski definition) is 1. The third-order valence-electron chi connectivity index (χ3n) is 1.88. The van der Waals surface area contributed by atoms with Crippen LogP contribution in [0.4, 0.5) is 5.69 Å². The van der Waals surface area contributed by atoms with E-state index in [4.69, 9.17) is 11.6 Å². The van der Waals surface area contributed by atoms with Gasteiger partial charge in [-0.15, -0.1) is 0 Å². The second-order valence-electron chi connectivity index (χ2n) is 2.79. The summed E-state index contributed by atoms with van der Waals surface area (Å²) in [5.74, 6) is 0. The van der Waals surface area contributed by atoms with Gasteiger partial charge in [0.2, 0.25) is 6.41 Å². The van der Waals surface area contributed by atoms with E-state index in [1.165, 1.54) is 0 Å². The molecule has 70 valence electrons. The second-order valence-corrected chi connectivity index (χ2v) is 3.23. The number of halogens is 1. The van der Waals surface area contributed by atoms with Gasteiger partial charge in [0.25, 0.3) is 0 Å². The molecule has 1 heterocycles. The van der Waals surface area contributed by atoms with Gasteiger partial charge >= 0.3 is 0 Å². The minimum Gasteiger partial charge on any atom is -0.327 e. The number of aromatic nitrogens is 1. The lowest BCUT2D eigenvalue weighted by Crippen LogP contribution is -1.95. The van der Waals surface area contributed by atoms with Crippen LogP contribution in [0.15, 0.2) is 30.5 Å². The van der Waals surface area contributed by atoms with Gasteiger partial charge in [0.05, 0.1) is 11.2 Å². The fourth-order valence-corrected chi connectivity index (χ4v) is 1.56. The quantitative estimate of drug-likeness (QED) is 0.767. The highest BCUT2D eigenvalue weighted by molar-refractivity contribution is 6.32. The van der Waals surface area contributed by atoms with Crippen LogP contribution in [0.3, 0.4) is 0 Å². The number of amides is 1. The summed E-state index contributed by atoms with van der Waals surface area (Å²) in [4.78, 5) is 14.5. The SMILES string of the molecule is O=CNc1cc(Cl)cc2cccnc12. The van der Waals surface area contributed by atoms with Crippen molar-refractivity contribution >= 4 is 34.6 Å². The Morgan fingerprint density at radius 2 is 2.29 bits per heavy atom. The van der Waals surface area contributed by atoms with E-state index in [2.05, 4.69) is 10.3 Å². The number of fused-ring (bicyclic) bond motifs is 1. The maximum absolute atomic E-state index is 10.3. The van der Waals surface area contributed by atoms with Gasteiger partial charge in [-0.3, -0.25) is 9.78 Å². The van der Waals surface area contributed by atoms with E-state index in [1.807, 2.05) is 12.1 Å². The topological polar surface area (TPSA) is 42.0 Å². The molecule has 0 unspecified atom stereocenters. The molecule has 0 spiro atoms.